The maximum atomic E-state index is 14.3. The van der Waals surface area contributed by atoms with Gasteiger partial charge < -0.3 is 10.3 Å². The number of quaternary nitrogens is 1. The number of aromatic nitrogens is 1. The number of anilines is 1. The number of halogens is 1. The van der Waals surface area contributed by atoms with Crippen molar-refractivity contribution in [1.82, 2.24) is 5.16 Å². The van der Waals surface area contributed by atoms with Crippen LogP contribution >= 0.6 is 0 Å². The summed E-state index contributed by atoms with van der Waals surface area (Å²) in [4.78, 5) is 25.5. The van der Waals surface area contributed by atoms with Gasteiger partial charge in [0.2, 0.25) is 0 Å². The van der Waals surface area contributed by atoms with Crippen LogP contribution in [-0.2, 0) is 26.2 Å². The van der Waals surface area contributed by atoms with Crippen molar-refractivity contribution in [1.29, 1.82) is 0 Å². The topological polar surface area (TPSA) is 132 Å². The number of nitrogens with two attached hydrogens (primary N) is 1. The SMILES string of the molecule is CCCC(=O)[N+](C)(Cc1ccc(-c2cc(F)ccc2S(=O)(=O)Nc2noc(C)c2C)cc1)[C@H](C(N)=O)C(C)C. The highest BCUT2D eigenvalue weighted by Crippen LogP contribution is 2.32. The van der Waals surface area contributed by atoms with Gasteiger partial charge in [-0.25, -0.2) is 22.1 Å². The van der Waals surface area contributed by atoms with E-state index in [1.54, 1.807) is 45.2 Å². The van der Waals surface area contributed by atoms with E-state index in [1.165, 1.54) is 6.07 Å². The van der Waals surface area contributed by atoms with Crippen LogP contribution in [0.2, 0.25) is 0 Å². The molecule has 0 aliphatic heterocycles. The lowest BCUT2D eigenvalue weighted by atomic mass is 9.96. The zero-order valence-corrected chi connectivity index (χ0v) is 23.9. The average Bonchev–Trinajstić information content (AvgIpc) is 3.15. The maximum absolute atomic E-state index is 14.3. The monoisotopic (exact) mass is 559 g/mol. The molecule has 0 aliphatic carbocycles. The van der Waals surface area contributed by atoms with Gasteiger partial charge in [0.1, 0.15) is 18.1 Å². The molecule has 0 aliphatic rings. The van der Waals surface area contributed by atoms with Crippen LogP contribution in [0.1, 0.15) is 50.5 Å². The molecule has 9 nitrogen and oxygen atoms in total. The number of nitrogens with zero attached hydrogens (tertiary/aromatic N) is 2. The van der Waals surface area contributed by atoms with E-state index < -0.39 is 27.8 Å². The summed E-state index contributed by atoms with van der Waals surface area (Å²) in [5, 5.41) is 3.76. The van der Waals surface area contributed by atoms with Crippen LogP contribution in [0.4, 0.5) is 10.2 Å². The van der Waals surface area contributed by atoms with Gasteiger partial charge in [0.05, 0.1) is 18.4 Å². The van der Waals surface area contributed by atoms with Gasteiger partial charge in [-0.2, -0.15) is 0 Å². The van der Waals surface area contributed by atoms with Crippen molar-refractivity contribution < 1.29 is 31.4 Å². The van der Waals surface area contributed by atoms with E-state index in [2.05, 4.69) is 9.88 Å². The third-order valence-corrected chi connectivity index (χ3v) is 8.36. The van der Waals surface area contributed by atoms with Gasteiger partial charge in [-0.15, -0.1) is 0 Å². The largest absolute Gasteiger partial charge is 0.364 e. The van der Waals surface area contributed by atoms with Gasteiger partial charge in [0.15, 0.2) is 11.9 Å². The average molecular weight is 560 g/mol. The summed E-state index contributed by atoms with van der Waals surface area (Å²) in [7, 11) is -2.42. The van der Waals surface area contributed by atoms with Crippen LogP contribution < -0.4 is 10.5 Å². The minimum absolute atomic E-state index is 0.0566. The van der Waals surface area contributed by atoms with Crippen molar-refractivity contribution in [2.24, 2.45) is 11.7 Å². The van der Waals surface area contributed by atoms with E-state index in [4.69, 9.17) is 10.3 Å². The van der Waals surface area contributed by atoms with Gasteiger partial charge in [0.25, 0.3) is 15.9 Å². The van der Waals surface area contributed by atoms with Crippen LogP contribution in [0, 0.1) is 25.6 Å². The standard InChI is InChI=1S/C28H35FN4O5S/c1-7-8-25(34)33(6,26(17(2)3)27(30)35)16-20-9-11-21(12-10-20)23-15-22(29)13-14-24(23)39(36,37)32-28-18(4)19(5)38-31-28/h9-15,17,26H,7-8,16H2,1-6H3,(H2-,30,31,32,35)/p+1/t26-,33?/m0/s1. The third kappa shape index (κ3) is 6.36. The van der Waals surface area contributed by atoms with E-state index in [1.807, 2.05) is 20.8 Å². The zero-order valence-electron chi connectivity index (χ0n) is 23.1. The van der Waals surface area contributed by atoms with Crippen LogP contribution in [0.3, 0.4) is 0 Å². The molecule has 2 amide bonds. The van der Waals surface area contributed by atoms with Gasteiger partial charge in [-0.1, -0.05) is 50.2 Å². The summed E-state index contributed by atoms with van der Waals surface area (Å²) in [5.74, 6) is -0.882. The smallest absolute Gasteiger partial charge is 0.314 e. The van der Waals surface area contributed by atoms with Gasteiger partial charge >= 0.3 is 5.91 Å². The first-order valence-electron chi connectivity index (χ1n) is 12.7. The number of likely N-dealkylation sites (N-methyl/N-ethyl adjacent to an activating group) is 1. The highest BCUT2D eigenvalue weighted by molar-refractivity contribution is 7.92. The van der Waals surface area contributed by atoms with Crippen molar-refractivity contribution in [3.05, 3.63) is 65.2 Å². The van der Waals surface area contributed by atoms with E-state index in [0.717, 1.165) is 17.7 Å². The molecule has 3 N–H and O–H groups in total. The van der Waals surface area contributed by atoms with Crippen molar-refractivity contribution in [3.8, 4) is 11.1 Å². The highest BCUT2D eigenvalue weighted by atomic mass is 32.2. The van der Waals surface area contributed by atoms with Gasteiger partial charge in [-0.3, -0.25) is 9.52 Å². The molecule has 0 spiro atoms. The molecule has 0 saturated heterocycles. The minimum Gasteiger partial charge on any atom is -0.364 e. The summed E-state index contributed by atoms with van der Waals surface area (Å²) in [6, 6.07) is 9.50. The Labute approximate surface area is 228 Å². The number of primary amides is 1. The van der Waals surface area contributed by atoms with E-state index in [-0.39, 0.29) is 39.1 Å². The first-order chi connectivity index (χ1) is 18.2. The predicted octanol–water partition coefficient (Wildman–Crippen LogP) is 4.68. The lowest BCUT2D eigenvalue weighted by molar-refractivity contribution is -0.868. The molecule has 0 fully saturated rings. The molecule has 210 valence electrons. The normalized spacial score (nSPS) is 14.2. The van der Waals surface area contributed by atoms with E-state index >= 15 is 0 Å². The number of benzene rings is 2. The molecule has 3 aromatic rings. The fraction of sp³-hybridized carbons (Fsp3) is 0.393. The highest BCUT2D eigenvalue weighted by Gasteiger charge is 2.45. The first kappa shape index (κ1) is 30.0. The van der Waals surface area contributed by atoms with E-state index in [9.17, 15) is 22.4 Å². The number of rotatable bonds is 11. The Balaban J connectivity index is 2.00. The number of hydrogen-bond donors (Lipinski definition) is 2. The second-order valence-corrected chi connectivity index (χ2v) is 12.0. The molecule has 1 aromatic heterocycles. The van der Waals surface area contributed by atoms with E-state index in [0.29, 0.717) is 29.7 Å². The van der Waals surface area contributed by atoms with Crippen LogP contribution in [0.5, 0.6) is 0 Å². The minimum atomic E-state index is -4.14. The predicted molar refractivity (Wildman–Crippen MR) is 146 cm³/mol. The number of nitrogens with one attached hydrogen (secondary N) is 1. The second-order valence-electron chi connectivity index (χ2n) is 10.3. The number of hydrogen-bond acceptors (Lipinski definition) is 6. The van der Waals surface area contributed by atoms with Gasteiger partial charge in [-0.05, 0) is 44.0 Å². The molecule has 0 radical (unpaired) electrons. The molecule has 3 rings (SSSR count). The Morgan fingerprint density at radius 1 is 1.13 bits per heavy atom. The lowest BCUT2D eigenvalue weighted by Crippen LogP contribution is -2.62. The van der Waals surface area contributed by atoms with Crippen molar-refractivity contribution in [2.75, 3.05) is 11.8 Å². The quantitative estimate of drug-likeness (QED) is 0.328. The summed E-state index contributed by atoms with van der Waals surface area (Å²) in [5.41, 5.74) is 7.63. The van der Waals surface area contributed by atoms with Gasteiger partial charge in [0, 0.05) is 22.6 Å². The maximum Gasteiger partial charge on any atom is 0.314 e. The third-order valence-electron chi connectivity index (χ3n) is 6.97. The van der Waals surface area contributed by atoms with Crippen LogP contribution in [-0.4, -0.2) is 43.0 Å². The molecule has 2 aromatic carbocycles. The molecule has 1 heterocycles. The summed E-state index contributed by atoms with van der Waals surface area (Å²) in [6.45, 7) is 9.17. The van der Waals surface area contributed by atoms with Crippen LogP contribution in [0.25, 0.3) is 11.1 Å². The fourth-order valence-electron chi connectivity index (χ4n) is 4.90. The summed E-state index contributed by atoms with van der Waals surface area (Å²) < 4.78 is 48.1. The molecule has 39 heavy (non-hydrogen) atoms. The summed E-state index contributed by atoms with van der Waals surface area (Å²) in [6.07, 6.45) is 0.931. The molecule has 2 atom stereocenters. The number of aryl methyl sites for hydroxylation is 1. The number of sulfonamides is 1. The Morgan fingerprint density at radius 2 is 1.77 bits per heavy atom. The Hall–Kier alpha value is -3.57. The second kappa shape index (κ2) is 11.7. The molecule has 11 heteroatoms. The molecular weight excluding hydrogens is 523 g/mol. The van der Waals surface area contributed by atoms with Crippen molar-refractivity contribution in [2.45, 2.75) is 64.9 Å². The lowest BCUT2D eigenvalue weighted by Gasteiger charge is -2.39. The summed E-state index contributed by atoms with van der Waals surface area (Å²) >= 11 is 0. The molecule has 0 saturated carbocycles. The van der Waals surface area contributed by atoms with Crippen molar-refractivity contribution in [3.63, 3.8) is 0 Å². The van der Waals surface area contributed by atoms with Crippen molar-refractivity contribution >= 4 is 27.7 Å². The molecule has 0 bridgehead atoms. The zero-order chi connectivity index (χ0) is 29.1. The number of amides is 2. The number of carbonyl (C=O) groups excluding carboxylic acids is 2. The molecule has 1 unspecified atom stereocenters. The Bertz CT molecular complexity index is 1470. The first-order valence-corrected chi connectivity index (χ1v) is 14.2. The molecular formula is C28H36FN4O5S+. The Kier molecular flexibility index (Phi) is 8.97. The Morgan fingerprint density at radius 3 is 2.28 bits per heavy atom. The number of carbonyl (C=O) groups is 2. The fourth-order valence-corrected chi connectivity index (χ4v) is 6.17. The van der Waals surface area contributed by atoms with Crippen LogP contribution in [0.15, 0.2) is 51.9 Å².